The topological polar surface area (TPSA) is 102 Å². The summed E-state index contributed by atoms with van der Waals surface area (Å²) in [5.41, 5.74) is 6.51. The fourth-order valence-corrected chi connectivity index (χ4v) is 3.23. The van der Waals surface area contributed by atoms with Crippen molar-refractivity contribution in [2.24, 2.45) is 5.73 Å². The molecule has 0 aromatic heterocycles. The smallest absolute Gasteiger partial charge is 0.412 e. The van der Waals surface area contributed by atoms with Gasteiger partial charge in [-0.25, -0.2) is 4.79 Å². The van der Waals surface area contributed by atoms with Crippen LogP contribution in [0.25, 0.3) is 0 Å². The summed E-state index contributed by atoms with van der Waals surface area (Å²) in [5.74, 6) is -0.841. The van der Waals surface area contributed by atoms with Gasteiger partial charge in [0.2, 0.25) is 0 Å². The first-order valence-electron chi connectivity index (χ1n) is 8.64. The first-order chi connectivity index (χ1) is 11.5. The molecule has 0 spiro atoms. The molecule has 6 nitrogen and oxygen atoms in total. The van der Waals surface area contributed by atoms with Crippen LogP contribution in [0.1, 0.15) is 57.6 Å². The number of amides is 1. The molecule has 1 aliphatic rings. The van der Waals surface area contributed by atoms with Crippen LogP contribution in [0.3, 0.4) is 0 Å². The van der Waals surface area contributed by atoms with Gasteiger partial charge in [-0.15, -0.1) is 0 Å². The van der Waals surface area contributed by atoms with Crippen LogP contribution >= 0.6 is 0 Å². The Balaban J connectivity index is 2.30. The Bertz CT molecular complexity index is 656. The van der Waals surface area contributed by atoms with Crippen molar-refractivity contribution in [3.63, 3.8) is 0 Å². The van der Waals surface area contributed by atoms with Crippen molar-refractivity contribution in [1.29, 1.82) is 0 Å². The highest BCUT2D eigenvalue weighted by molar-refractivity contribution is 5.87. The Hall–Kier alpha value is -2.08. The first kappa shape index (κ1) is 19.2. The number of aliphatic carboxylic acids is 1. The fraction of sp³-hybridized carbons (Fsp3) is 0.579. The molecule has 4 N–H and O–H groups in total. The van der Waals surface area contributed by atoms with Gasteiger partial charge in [-0.05, 0) is 70.6 Å². The van der Waals surface area contributed by atoms with Crippen molar-refractivity contribution < 1.29 is 19.4 Å². The lowest BCUT2D eigenvalue weighted by atomic mass is 9.68. The summed E-state index contributed by atoms with van der Waals surface area (Å²) < 4.78 is 5.29. The van der Waals surface area contributed by atoms with Crippen LogP contribution in [-0.4, -0.2) is 28.8 Å². The second kappa shape index (κ2) is 7.04. The van der Waals surface area contributed by atoms with Crippen molar-refractivity contribution >= 4 is 17.7 Å². The Kier molecular flexibility index (Phi) is 5.42. The van der Waals surface area contributed by atoms with Crippen LogP contribution in [0, 0.1) is 6.92 Å². The number of carboxylic acid groups (broad SMARTS) is 1. The van der Waals surface area contributed by atoms with Crippen molar-refractivity contribution in [3.05, 3.63) is 29.3 Å². The molecule has 1 aromatic carbocycles. The minimum Gasteiger partial charge on any atom is -0.481 e. The minimum absolute atomic E-state index is 0.0530. The van der Waals surface area contributed by atoms with E-state index in [1.165, 1.54) is 0 Å². The van der Waals surface area contributed by atoms with E-state index in [9.17, 15) is 14.7 Å². The average Bonchev–Trinajstić information content (AvgIpc) is 2.48. The van der Waals surface area contributed by atoms with E-state index in [1.54, 1.807) is 26.8 Å². The van der Waals surface area contributed by atoms with Gasteiger partial charge >= 0.3 is 12.1 Å². The molecule has 0 unspecified atom stereocenters. The maximum absolute atomic E-state index is 12.1. The van der Waals surface area contributed by atoms with Crippen LogP contribution in [0.5, 0.6) is 0 Å². The van der Waals surface area contributed by atoms with Gasteiger partial charge in [-0.1, -0.05) is 12.1 Å². The molecule has 0 heterocycles. The predicted molar refractivity (Wildman–Crippen MR) is 96.8 cm³/mol. The van der Waals surface area contributed by atoms with Crippen LogP contribution in [-0.2, 0) is 14.9 Å². The molecular formula is C19H28N2O4. The Labute approximate surface area is 148 Å². The van der Waals surface area contributed by atoms with Crippen LogP contribution in [0.2, 0.25) is 0 Å². The molecule has 1 saturated carbocycles. The van der Waals surface area contributed by atoms with E-state index in [0.29, 0.717) is 36.9 Å². The molecule has 1 fully saturated rings. The zero-order valence-electron chi connectivity index (χ0n) is 15.4. The van der Waals surface area contributed by atoms with Crippen molar-refractivity contribution in [1.82, 2.24) is 0 Å². The highest BCUT2D eigenvalue weighted by atomic mass is 16.6. The third kappa shape index (κ3) is 4.51. The molecule has 0 bridgehead atoms. The highest BCUT2D eigenvalue weighted by Crippen LogP contribution is 2.40. The molecule has 2 rings (SSSR count). The molecule has 25 heavy (non-hydrogen) atoms. The number of ether oxygens (including phenoxy) is 1. The molecule has 138 valence electrons. The molecule has 6 heteroatoms. The van der Waals surface area contributed by atoms with Gasteiger partial charge in [0.25, 0.3) is 0 Å². The number of carbonyl (C=O) groups is 2. The van der Waals surface area contributed by atoms with Gasteiger partial charge in [0, 0.05) is 11.7 Å². The molecule has 1 amide bonds. The maximum atomic E-state index is 12.1. The number of aryl methyl sites for hydroxylation is 1. The SMILES string of the molecule is Cc1ccc(C2(C(=O)O)CCC(N)CC2)cc1NC(=O)OC(C)(C)C. The summed E-state index contributed by atoms with van der Waals surface area (Å²) in [4.78, 5) is 24.1. The molecule has 0 radical (unpaired) electrons. The summed E-state index contributed by atoms with van der Waals surface area (Å²) in [6, 6.07) is 5.48. The molecular weight excluding hydrogens is 320 g/mol. The van der Waals surface area contributed by atoms with E-state index in [4.69, 9.17) is 10.5 Å². The summed E-state index contributed by atoms with van der Waals surface area (Å²) in [5, 5.41) is 12.6. The third-order valence-electron chi connectivity index (χ3n) is 4.72. The zero-order chi connectivity index (χ0) is 18.8. The first-order valence-corrected chi connectivity index (χ1v) is 8.64. The number of nitrogens with one attached hydrogen (secondary N) is 1. The van der Waals surface area contributed by atoms with E-state index in [0.717, 1.165) is 5.56 Å². The van der Waals surface area contributed by atoms with Crippen LogP contribution in [0.4, 0.5) is 10.5 Å². The largest absolute Gasteiger partial charge is 0.481 e. The van der Waals surface area contributed by atoms with Crippen LogP contribution < -0.4 is 11.1 Å². The van der Waals surface area contributed by atoms with Crippen molar-refractivity contribution in [3.8, 4) is 0 Å². The van der Waals surface area contributed by atoms with E-state index < -0.39 is 23.1 Å². The second-order valence-corrected chi connectivity index (χ2v) is 7.88. The normalized spacial score (nSPS) is 23.8. The quantitative estimate of drug-likeness (QED) is 0.775. The highest BCUT2D eigenvalue weighted by Gasteiger charge is 2.43. The van der Waals surface area contributed by atoms with Gasteiger partial charge in [-0.3, -0.25) is 10.1 Å². The summed E-state index contributed by atoms with van der Waals surface area (Å²) >= 11 is 0. The molecule has 0 saturated heterocycles. The van der Waals surface area contributed by atoms with Gasteiger partial charge in [0.1, 0.15) is 5.60 Å². The number of carboxylic acids is 1. The van der Waals surface area contributed by atoms with Gasteiger partial charge in [0.05, 0.1) is 5.41 Å². The number of hydrogen-bond acceptors (Lipinski definition) is 4. The second-order valence-electron chi connectivity index (χ2n) is 7.88. The van der Waals surface area contributed by atoms with Crippen LogP contribution in [0.15, 0.2) is 18.2 Å². The van der Waals surface area contributed by atoms with Gasteiger partial charge in [0.15, 0.2) is 0 Å². The third-order valence-corrected chi connectivity index (χ3v) is 4.72. The standard InChI is InChI=1S/C19H28N2O4/c1-12-5-6-13(11-15(12)21-17(24)25-18(2,3)4)19(16(22)23)9-7-14(20)8-10-19/h5-6,11,14H,7-10,20H2,1-4H3,(H,21,24)(H,22,23). The number of nitrogens with two attached hydrogens (primary N) is 1. The Morgan fingerprint density at radius 3 is 2.40 bits per heavy atom. The number of benzene rings is 1. The molecule has 1 aliphatic carbocycles. The summed E-state index contributed by atoms with van der Waals surface area (Å²) in [7, 11) is 0. The zero-order valence-corrected chi connectivity index (χ0v) is 15.4. The number of carbonyl (C=O) groups excluding carboxylic acids is 1. The predicted octanol–water partition coefficient (Wildman–Crippen LogP) is 3.57. The average molecular weight is 348 g/mol. The van der Waals surface area contributed by atoms with Gasteiger partial charge in [-0.2, -0.15) is 0 Å². The van der Waals surface area contributed by atoms with E-state index in [-0.39, 0.29) is 6.04 Å². The van der Waals surface area contributed by atoms with Gasteiger partial charge < -0.3 is 15.6 Å². The van der Waals surface area contributed by atoms with E-state index in [1.807, 2.05) is 19.1 Å². The number of hydrogen-bond donors (Lipinski definition) is 3. The lowest BCUT2D eigenvalue weighted by Gasteiger charge is -2.36. The fourth-order valence-electron chi connectivity index (χ4n) is 3.23. The number of rotatable bonds is 3. The van der Waals surface area contributed by atoms with E-state index in [2.05, 4.69) is 5.32 Å². The maximum Gasteiger partial charge on any atom is 0.412 e. The minimum atomic E-state index is -0.950. The lowest BCUT2D eigenvalue weighted by Crippen LogP contribution is -2.42. The number of anilines is 1. The van der Waals surface area contributed by atoms with E-state index >= 15 is 0 Å². The lowest BCUT2D eigenvalue weighted by molar-refractivity contribution is -0.145. The summed E-state index contributed by atoms with van der Waals surface area (Å²) in [6.07, 6.45) is 1.80. The van der Waals surface area contributed by atoms with Crippen molar-refractivity contribution in [2.45, 2.75) is 70.4 Å². The summed E-state index contributed by atoms with van der Waals surface area (Å²) in [6.45, 7) is 7.24. The molecule has 1 aromatic rings. The van der Waals surface area contributed by atoms with Crippen molar-refractivity contribution in [2.75, 3.05) is 5.32 Å². The monoisotopic (exact) mass is 348 g/mol. The molecule has 0 aliphatic heterocycles. The Morgan fingerprint density at radius 2 is 1.88 bits per heavy atom. The molecule has 0 atom stereocenters. The Morgan fingerprint density at radius 1 is 1.28 bits per heavy atom.